The summed E-state index contributed by atoms with van der Waals surface area (Å²) in [7, 11) is 3.42. The average molecular weight is 298 g/mol. The molecule has 0 unspecified atom stereocenters. The van der Waals surface area contributed by atoms with Crippen LogP contribution in [-0.2, 0) is 6.61 Å². The molecular weight excluding hydrogens is 280 g/mol. The van der Waals surface area contributed by atoms with Gasteiger partial charge in [-0.3, -0.25) is 9.59 Å². The van der Waals surface area contributed by atoms with Crippen LogP contribution in [0.2, 0.25) is 0 Å². The third-order valence-corrected chi connectivity index (χ3v) is 3.15. The predicted octanol–water partition coefficient (Wildman–Crippen LogP) is 2.07. The van der Waals surface area contributed by atoms with E-state index >= 15 is 0 Å². The smallest absolute Gasteiger partial charge is 0.253 e. The van der Waals surface area contributed by atoms with E-state index in [-0.39, 0.29) is 5.91 Å². The molecule has 0 saturated heterocycles. The van der Waals surface area contributed by atoms with Crippen molar-refractivity contribution >= 4 is 11.8 Å². The number of carbonyl (C=O) groups is 2. The predicted molar refractivity (Wildman–Crippen MR) is 83.8 cm³/mol. The van der Waals surface area contributed by atoms with E-state index in [9.17, 15) is 9.59 Å². The van der Waals surface area contributed by atoms with Crippen LogP contribution >= 0.6 is 0 Å². The summed E-state index contributed by atoms with van der Waals surface area (Å²) in [5.74, 6) is -0.127. The summed E-state index contributed by atoms with van der Waals surface area (Å²) in [6, 6.07) is 14.0. The number of carbonyl (C=O) groups excluding carboxylic acids is 2. The van der Waals surface area contributed by atoms with Gasteiger partial charge in [-0.05, 0) is 29.8 Å². The van der Waals surface area contributed by atoms with E-state index < -0.39 is 5.91 Å². The lowest BCUT2D eigenvalue weighted by atomic mass is 10.1. The first kappa shape index (κ1) is 15.6. The van der Waals surface area contributed by atoms with Gasteiger partial charge in [0.05, 0.1) is 5.56 Å². The highest BCUT2D eigenvalue weighted by Gasteiger charge is 2.09. The van der Waals surface area contributed by atoms with E-state index in [4.69, 9.17) is 10.5 Å². The van der Waals surface area contributed by atoms with Crippen LogP contribution in [0.3, 0.4) is 0 Å². The maximum Gasteiger partial charge on any atom is 0.253 e. The summed E-state index contributed by atoms with van der Waals surface area (Å²) in [5.41, 5.74) is 7.17. The lowest BCUT2D eigenvalue weighted by Crippen LogP contribution is -2.21. The van der Waals surface area contributed by atoms with Crippen molar-refractivity contribution in [3.63, 3.8) is 0 Å². The van der Waals surface area contributed by atoms with Gasteiger partial charge in [-0.15, -0.1) is 0 Å². The molecule has 2 N–H and O–H groups in total. The summed E-state index contributed by atoms with van der Waals surface area (Å²) in [6.07, 6.45) is 0. The third kappa shape index (κ3) is 3.63. The first-order valence-electron chi connectivity index (χ1n) is 6.81. The zero-order valence-corrected chi connectivity index (χ0v) is 12.6. The highest BCUT2D eigenvalue weighted by atomic mass is 16.5. The molecule has 0 radical (unpaired) electrons. The third-order valence-electron chi connectivity index (χ3n) is 3.15. The molecule has 5 heteroatoms. The molecule has 0 saturated carbocycles. The van der Waals surface area contributed by atoms with Crippen LogP contribution in [0.15, 0.2) is 48.5 Å². The number of rotatable bonds is 5. The zero-order chi connectivity index (χ0) is 16.1. The molecule has 2 amide bonds. The van der Waals surface area contributed by atoms with Gasteiger partial charge in [-0.2, -0.15) is 0 Å². The molecule has 0 aromatic heterocycles. The van der Waals surface area contributed by atoms with Gasteiger partial charge in [0.2, 0.25) is 0 Å². The fraction of sp³-hybridized carbons (Fsp3) is 0.176. The van der Waals surface area contributed by atoms with Crippen molar-refractivity contribution in [2.24, 2.45) is 5.73 Å². The van der Waals surface area contributed by atoms with E-state index in [2.05, 4.69) is 0 Å². The fourth-order valence-electron chi connectivity index (χ4n) is 1.96. The van der Waals surface area contributed by atoms with Crippen molar-refractivity contribution in [1.29, 1.82) is 0 Å². The Morgan fingerprint density at radius 2 is 1.68 bits per heavy atom. The normalized spacial score (nSPS) is 10.1. The van der Waals surface area contributed by atoms with Crippen molar-refractivity contribution < 1.29 is 14.3 Å². The molecule has 22 heavy (non-hydrogen) atoms. The molecule has 2 aromatic rings. The van der Waals surface area contributed by atoms with Gasteiger partial charge in [0.25, 0.3) is 11.8 Å². The lowest BCUT2D eigenvalue weighted by Gasteiger charge is -2.12. The molecule has 2 aromatic carbocycles. The van der Waals surface area contributed by atoms with E-state index in [1.54, 1.807) is 50.5 Å². The largest absolute Gasteiger partial charge is 0.488 e. The number of amides is 2. The summed E-state index contributed by atoms with van der Waals surface area (Å²) in [5, 5.41) is 0. The lowest BCUT2D eigenvalue weighted by molar-refractivity contribution is 0.0827. The number of nitrogens with two attached hydrogens (primary N) is 1. The highest BCUT2D eigenvalue weighted by Crippen LogP contribution is 2.19. The molecule has 0 spiro atoms. The van der Waals surface area contributed by atoms with Crippen LogP contribution in [0, 0.1) is 0 Å². The molecule has 0 aliphatic carbocycles. The molecule has 0 heterocycles. The van der Waals surface area contributed by atoms with Crippen LogP contribution in [-0.4, -0.2) is 30.8 Å². The van der Waals surface area contributed by atoms with Crippen LogP contribution in [0.4, 0.5) is 0 Å². The van der Waals surface area contributed by atoms with Gasteiger partial charge in [-0.25, -0.2) is 0 Å². The fourth-order valence-corrected chi connectivity index (χ4v) is 1.96. The Morgan fingerprint density at radius 1 is 1.05 bits per heavy atom. The molecular formula is C17H18N2O3. The number of hydrogen-bond donors (Lipinski definition) is 1. The second kappa shape index (κ2) is 6.76. The van der Waals surface area contributed by atoms with Crippen molar-refractivity contribution in [1.82, 2.24) is 4.90 Å². The Labute approximate surface area is 129 Å². The maximum atomic E-state index is 11.8. The molecule has 5 nitrogen and oxygen atoms in total. The van der Waals surface area contributed by atoms with Gasteiger partial charge in [0.1, 0.15) is 12.4 Å². The van der Waals surface area contributed by atoms with Crippen molar-refractivity contribution in [2.75, 3.05) is 14.1 Å². The minimum atomic E-state index is -0.525. The van der Waals surface area contributed by atoms with E-state index in [0.717, 1.165) is 5.56 Å². The minimum absolute atomic E-state index is 0.0495. The van der Waals surface area contributed by atoms with E-state index in [0.29, 0.717) is 23.5 Å². The average Bonchev–Trinajstić information content (AvgIpc) is 2.52. The van der Waals surface area contributed by atoms with E-state index in [1.807, 2.05) is 12.1 Å². The first-order valence-corrected chi connectivity index (χ1v) is 6.81. The Hall–Kier alpha value is -2.82. The number of para-hydroxylation sites is 1. The Balaban J connectivity index is 2.07. The summed E-state index contributed by atoms with van der Waals surface area (Å²) in [4.78, 5) is 24.6. The number of hydrogen-bond acceptors (Lipinski definition) is 3. The summed E-state index contributed by atoms with van der Waals surface area (Å²) < 4.78 is 5.64. The monoisotopic (exact) mass is 298 g/mol. The van der Waals surface area contributed by atoms with Crippen LogP contribution in [0.1, 0.15) is 26.3 Å². The summed E-state index contributed by atoms with van der Waals surface area (Å²) >= 11 is 0. The van der Waals surface area contributed by atoms with Crippen molar-refractivity contribution in [2.45, 2.75) is 6.61 Å². The van der Waals surface area contributed by atoms with E-state index in [1.165, 1.54) is 4.90 Å². The number of nitrogens with zero attached hydrogens (tertiary/aromatic N) is 1. The molecule has 0 atom stereocenters. The second-order valence-corrected chi connectivity index (χ2v) is 5.05. The van der Waals surface area contributed by atoms with Crippen LogP contribution < -0.4 is 10.5 Å². The SMILES string of the molecule is CN(C)C(=O)c1ccc(COc2ccccc2C(N)=O)cc1. The van der Waals surface area contributed by atoms with Crippen LogP contribution in [0.5, 0.6) is 5.75 Å². The second-order valence-electron chi connectivity index (χ2n) is 5.05. The number of primary amides is 1. The Bertz CT molecular complexity index is 679. The molecule has 0 aliphatic rings. The minimum Gasteiger partial charge on any atom is -0.488 e. The number of benzene rings is 2. The summed E-state index contributed by atoms with van der Waals surface area (Å²) in [6.45, 7) is 0.292. The quantitative estimate of drug-likeness (QED) is 0.918. The Kier molecular flexibility index (Phi) is 4.78. The van der Waals surface area contributed by atoms with Gasteiger partial charge in [0, 0.05) is 19.7 Å². The van der Waals surface area contributed by atoms with Gasteiger partial charge in [0.15, 0.2) is 0 Å². The molecule has 2 rings (SSSR count). The number of ether oxygens (including phenoxy) is 1. The van der Waals surface area contributed by atoms with Gasteiger partial charge < -0.3 is 15.4 Å². The van der Waals surface area contributed by atoms with Crippen molar-refractivity contribution in [3.05, 3.63) is 65.2 Å². The first-order chi connectivity index (χ1) is 10.5. The molecule has 0 fully saturated rings. The Morgan fingerprint density at radius 3 is 2.27 bits per heavy atom. The standard InChI is InChI=1S/C17H18N2O3/c1-19(2)17(21)13-9-7-12(8-10-13)11-22-15-6-4-3-5-14(15)16(18)20/h3-10H,11H2,1-2H3,(H2,18,20). The molecule has 0 bridgehead atoms. The van der Waals surface area contributed by atoms with Gasteiger partial charge >= 0.3 is 0 Å². The maximum absolute atomic E-state index is 11.8. The zero-order valence-electron chi connectivity index (χ0n) is 12.6. The molecule has 0 aliphatic heterocycles. The topological polar surface area (TPSA) is 72.6 Å². The van der Waals surface area contributed by atoms with Crippen LogP contribution in [0.25, 0.3) is 0 Å². The highest BCUT2D eigenvalue weighted by molar-refractivity contribution is 5.95. The van der Waals surface area contributed by atoms with Crippen molar-refractivity contribution in [3.8, 4) is 5.75 Å². The molecule has 114 valence electrons. The van der Waals surface area contributed by atoms with Gasteiger partial charge in [-0.1, -0.05) is 24.3 Å².